The number of carboxylic acids is 1. The standard InChI is InChI=1S/C11H9NO3/c1-7-3-2-4-8(5-7)10-9(11(13)14)6-15-12-10/h2-6H,1H3,(H,13,14). The van der Waals surface area contributed by atoms with Crippen LogP contribution < -0.4 is 0 Å². The van der Waals surface area contributed by atoms with Crippen molar-refractivity contribution in [1.29, 1.82) is 0 Å². The molecule has 1 N–H and O–H groups in total. The zero-order valence-corrected chi connectivity index (χ0v) is 8.10. The Morgan fingerprint density at radius 1 is 1.47 bits per heavy atom. The van der Waals surface area contributed by atoms with Gasteiger partial charge in [-0.2, -0.15) is 0 Å². The van der Waals surface area contributed by atoms with Gasteiger partial charge >= 0.3 is 5.97 Å². The van der Waals surface area contributed by atoms with E-state index in [1.165, 1.54) is 0 Å². The molecule has 4 heteroatoms. The summed E-state index contributed by atoms with van der Waals surface area (Å²) < 4.78 is 4.67. The fraction of sp³-hybridized carbons (Fsp3) is 0.0909. The minimum Gasteiger partial charge on any atom is -0.477 e. The summed E-state index contributed by atoms with van der Waals surface area (Å²) in [4.78, 5) is 10.8. The summed E-state index contributed by atoms with van der Waals surface area (Å²) in [6.45, 7) is 1.93. The van der Waals surface area contributed by atoms with Gasteiger partial charge in [-0.05, 0) is 13.0 Å². The number of benzene rings is 1. The fourth-order valence-corrected chi connectivity index (χ4v) is 1.39. The Kier molecular flexibility index (Phi) is 2.25. The maximum Gasteiger partial charge on any atom is 0.341 e. The van der Waals surface area contributed by atoms with E-state index in [0.717, 1.165) is 17.4 Å². The van der Waals surface area contributed by atoms with Crippen LogP contribution >= 0.6 is 0 Å². The van der Waals surface area contributed by atoms with Gasteiger partial charge in [0, 0.05) is 5.56 Å². The molecule has 0 aliphatic rings. The van der Waals surface area contributed by atoms with Crippen LogP contribution in [0.2, 0.25) is 0 Å². The first kappa shape index (κ1) is 9.45. The number of aromatic carboxylic acids is 1. The second-order valence-corrected chi connectivity index (χ2v) is 3.25. The maximum absolute atomic E-state index is 10.8. The minimum absolute atomic E-state index is 0.0839. The van der Waals surface area contributed by atoms with Crippen molar-refractivity contribution in [3.05, 3.63) is 41.7 Å². The summed E-state index contributed by atoms with van der Waals surface area (Å²) in [5.41, 5.74) is 2.25. The molecule has 0 fully saturated rings. The van der Waals surface area contributed by atoms with E-state index in [4.69, 9.17) is 5.11 Å². The number of carboxylic acid groups (broad SMARTS) is 1. The quantitative estimate of drug-likeness (QED) is 0.813. The lowest BCUT2D eigenvalue weighted by molar-refractivity contribution is 0.0697. The Morgan fingerprint density at radius 2 is 2.27 bits per heavy atom. The molecule has 2 rings (SSSR count). The van der Waals surface area contributed by atoms with E-state index >= 15 is 0 Å². The largest absolute Gasteiger partial charge is 0.477 e. The van der Waals surface area contributed by atoms with Gasteiger partial charge in [0.1, 0.15) is 17.5 Å². The third-order valence-corrected chi connectivity index (χ3v) is 2.09. The molecule has 1 aromatic carbocycles. The van der Waals surface area contributed by atoms with Crippen LogP contribution in [0.15, 0.2) is 35.1 Å². The Bertz CT molecular complexity index is 502. The van der Waals surface area contributed by atoms with Crippen LogP contribution in [0.4, 0.5) is 0 Å². The first-order valence-electron chi connectivity index (χ1n) is 4.43. The molecular weight excluding hydrogens is 194 g/mol. The van der Waals surface area contributed by atoms with E-state index in [1.54, 1.807) is 6.07 Å². The van der Waals surface area contributed by atoms with Gasteiger partial charge in [0.25, 0.3) is 0 Å². The molecule has 0 saturated carbocycles. The number of hydrogen-bond donors (Lipinski definition) is 1. The summed E-state index contributed by atoms with van der Waals surface area (Å²) >= 11 is 0. The second-order valence-electron chi connectivity index (χ2n) is 3.25. The SMILES string of the molecule is Cc1cccc(-c2nocc2C(=O)O)c1. The van der Waals surface area contributed by atoms with Gasteiger partial charge in [-0.1, -0.05) is 28.9 Å². The second kappa shape index (κ2) is 3.57. The van der Waals surface area contributed by atoms with Gasteiger partial charge in [0.2, 0.25) is 0 Å². The van der Waals surface area contributed by atoms with Crippen LogP contribution in [-0.2, 0) is 0 Å². The Labute approximate surface area is 86.1 Å². The molecule has 0 amide bonds. The van der Waals surface area contributed by atoms with Crippen LogP contribution in [-0.4, -0.2) is 16.2 Å². The predicted octanol–water partition coefficient (Wildman–Crippen LogP) is 2.35. The average Bonchev–Trinajstić information content (AvgIpc) is 2.65. The molecule has 0 spiro atoms. The number of aryl methyl sites for hydroxylation is 1. The van der Waals surface area contributed by atoms with Gasteiger partial charge in [0.15, 0.2) is 0 Å². The molecule has 76 valence electrons. The van der Waals surface area contributed by atoms with Crippen molar-refractivity contribution < 1.29 is 14.4 Å². The zero-order chi connectivity index (χ0) is 10.8. The summed E-state index contributed by atoms with van der Waals surface area (Å²) in [5, 5.41) is 12.6. The third-order valence-electron chi connectivity index (χ3n) is 2.09. The van der Waals surface area contributed by atoms with E-state index in [1.807, 2.05) is 25.1 Å². The molecule has 0 aliphatic carbocycles. The van der Waals surface area contributed by atoms with Crippen molar-refractivity contribution in [2.24, 2.45) is 0 Å². The van der Waals surface area contributed by atoms with Crippen molar-refractivity contribution in [1.82, 2.24) is 5.16 Å². The Balaban J connectivity index is 2.54. The van der Waals surface area contributed by atoms with E-state index in [-0.39, 0.29) is 5.56 Å². The number of hydrogen-bond acceptors (Lipinski definition) is 3. The smallest absolute Gasteiger partial charge is 0.341 e. The number of aromatic nitrogens is 1. The maximum atomic E-state index is 10.8. The van der Waals surface area contributed by atoms with Crippen LogP contribution in [0.25, 0.3) is 11.3 Å². The van der Waals surface area contributed by atoms with Crippen molar-refractivity contribution >= 4 is 5.97 Å². The van der Waals surface area contributed by atoms with Crippen molar-refractivity contribution in [3.8, 4) is 11.3 Å². The molecule has 0 bridgehead atoms. The predicted molar refractivity (Wildman–Crippen MR) is 53.6 cm³/mol. The van der Waals surface area contributed by atoms with Crippen molar-refractivity contribution in [2.45, 2.75) is 6.92 Å². The molecule has 1 aromatic heterocycles. The fourth-order valence-electron chi connectivity index (χ4n) is 1.39. The van der Waals surface area contributed by atoms with E-state index in [9.17, 15) is 4.79 Å². The first-order valence-corrected chi connectivity index (χ1v) is 4.43. The lowest BCUT2D eigenvalue weighted by atomic mass is 10.1. The molecule has 0 aliphatic heterocycles. The van der Waals surface area contributed by atoms with Gasteiger partial charge in [0.05, 0.1) is 0 Å². The number of nitrogens with zero attached hydrogens (tertiary/aromatic N) is 1. The molecule has 2 aromatic rings. The molecule has 0 radical (unpaired) electrons. The van der Waals surface area contributed by atoms with Gasteiger partial charge in [-0.15, -0.1) is 0 Å². The van der Waals surface area contributed by atoms with Crippen molar-refractivity contribution in [3.63, 3.8) is 0 Å². The zero-order valence-electron chi connectivity index (χ0n) is 8.10. The van der Waals surface area contributed by atoms with Crippen LogP contribution in [0.1, 0.15) is 15.9 Å². The molecule has 0 atom stereocenters. The van der Waals surface area contributed by atoms with Crippen LogP contribution in [0.3, 0.4) is 0 Å². The van der Waals surface area contributed by atoms with Gasteiger partial charge < -0.3 is 9.63 Å². The van der Waals surface area contributed by atoms with Crippen LogP contribution in [0.5, 0.6) is 0 Å². The van der Waals surface area contributed by atoms with Crippen molar-refractivity contribution in [2.75, 3.05) is 0 Å². The van der Waals surface area contributed by atoms with Crippen LogP contribution in [0, 0.1) is 6.92 Å². The van der Waals surface area contributed by atoms with E-state index in [0.29, 0.717) is 5.69 Å². The summed E-state index contributed by atoms with van der Waals surface area (Å²) in [6.07, 6.45) is 1.14. The molecule has 4 nitrogen and oxygen atoms in total. The molecular formula is C11H9NO3. The molecule has 0 unspecified atom stereocenters. The monoisotopic (exact) mass is 203 g/mol. The van der Waals surface area contributed by atoms with E-state index < -0.39 is 5.97 Å². The molecule has 0 saturated heterocycles. The Hall–Kier alpha value is -2.10. The summed E-state index contributed by atoms with van der Waals surface area (Å²) in [7, 11) is 0. The first-order chi connectivity index (χ1) is 7.18. The van der Waals surface area contributed by atoms with E-state index in [2.05, 4.69) is 9.68 Å². The highest BCUT2D eigenvalue weighted by Gasteiger charge is 2.15. The third kappa shape index (κ3) is 1.74. The highest BCUT2D eigenvalue weighted by Crippen LogP contribution is 2.22. The number of rotatable bonds is 2. The summed E-state index contributed by atoms with van der Waals surface area (Å²) in [6, 6.07) is 7.45. The lowest BCUT2D eigenvalue weighted by Crippen LogP contribution is -1.96. The topological polar surface area (TPSA) is 63.3 Å². The normalized spacial score (nSPS) is 10.2. The Morgan fingerprint density at radius 3 is 2.93 bits per heavy atom. The molecule has 1 heterocycles. The highest BCUT2D eigenvalue weighted by atomic mass is 16.5. The number of carbonyl (C=O) groups is 1. The van der Waals surface area contributed by atoms with Gasteiger partial charge in [-0.3, -0.25) is 0 Å². The lowest BCUT2D eigenvalue weighted by Gasteiger charge is -1.98. The summed E-state index contributed by atoms with van der Waals surface area (Å²) in [5.74, 6) is -1.03. The highest BCUT2D eigenvalue weighted by molar-refractivity contribution is 5.94. The minimum atomic E-state index is -1.03. The van der Waals surface area contributed by atoms with Gasteiger partial charge in [-0.25, -0.2) is 4.79 Å². The molecule has 15 heavy (non-hydrogen) atoms. The average molecular weight is 203 g/mol.